The summed E-state index contributed by atoms with van der Waals surface area (Å²) < 4.78 is 25.6. The molecule has 0 N–H and O–H groups in total. The summed E-state index contributed by atoms with van der Waals surface area (Å²) in [5, 5.41) is 0. The molecule has 0 aliphatic rings. The third kappa shape index (κ3) is 49.1. The van der Waals surface area contributed by atoms with Crippen LogP contribution in [0.2, 0.25) is 0 Å². The van der Waals surface area contributed by atoms with Gasteiger partial charge in [-0.15, -0.1) is 0 Å². The van der Waals surface area contributed by atoms with Gasteiger partial charge in [0.05, 0.1) is 0 Å². The molecule has 0 aromatic carbocycles. The topological polar surface area (TPSA) is 63.2 Å². The van der Waals surface area contributed by atoms with Crippen LogP contribution < -0.4 is 8.38 Å². The molecule has 3 nitrogen and oxygen atoms in total. The van der Waals surface area contributed by atoms with Crippen molar-refractivity contribution < 1.29 is 34.7 Å². The Balaban J connectivity index is -0.0000000450. The van der Waals surface area contributed by atoms with Crippen molar-refractivity contribution in [3.63, 3.8) is 0 Å². The smallest absolute Gasteiger partial charge is 1.00 e. The maximum absolute atomic E-state index is 8.54. The van der Waals surface area contributed by atoms with Crippen molar-refractivity contribution in [2.45, 2.75) is 0 Å². The van der Waals surface area contributed by atoms with E-state index in [2.05, 4.69) is 0 Å². The molecule has 0 aromatic rings. The van der Waals surface area contributed by atoms with E-state index in [4.69, 9.17) is 12.2 Å². The van der Waals surface area contributed by atoms with E-state index in [1.807, 2.05) is 0 Å². The third-order valence-corrected chi connectivity index (χ3v) is 0. The molecule has 34 valence electrons. The number of rotatable bonds is 0. The summed E-state index contributed by atoms with van der Waals surface area (Å²) >= 11 is -3.79. The van der Waals surface area contributed by atoms with Gasteiger partial charge in [0.25, 0.3) is 0 Å². The van der Waals surface area contributed by atoms with Gasteiger partial charge >= 0.3 is 49.2 Å². The minimum absolute atomic E-state index is 0. The molecule has 0 heterocycles. The quantitative estimate of drug-likeness (QED) is 0.454. The van der Waals surface area contributed by atoms with E-state index in [9.17, 15) is 0 Å². The van der Waals surface area contributed by atoms with Crippen molar-refractivity contribution in [3.05, 3.63) is 0 Å². The fourth-order valence-electron chi connectivity index (χ4n) is 0. The van der Waals surface area contributed by atoms with Crippen LogP contribution in [0.4, 0.5) is 0 Å². The molecule has 0 saturated heterocycles. The monoisotopic (exact) mass is 324 g/mol. The van der Waals surface area contributed by atoms with Crippen LogP contribution in [-0.2, 0) is 24.9 Å². The van der Waals surface area contributed by atoms with E-state index < -0.39 is 14.5 Å². The van der Waals surface area contributed by atoms with Gasteiger partial charge in [0.1, 0.15) is 0 Å². The molecular formula is HO3PtSe+. The Morgan fingerprint density at radius 2 is 1.60 bits per heavy atom. The summed E-state index contributed by atoms with van der Waals surface area (Å²) in [6.07, 6.45) is 0. The maximum atomic E-state index is 8.54. The van der Waals surface area contributed by atoms with E-state index in [0.29, 0.717) is 0 Å². The first-order valence-electron chi connectivity index (χ1n) is 0.500. The first kappa shape index (κ1) is 9.33. The number of hydrogen-bond acceptors (Lipinski definition) is 3. The first-order valence-corrected chi connectivity index (χ1v) is 2.60. The van der Waals surface area contributed by atoms with Crippen LogP contribution in [0.1, 0.15) is 1.43 Å². The first-order chi connectivity index (χ1) is 1.73. The molecule has 0 amide bonds. The molecule has 0 spiro atoms. The largest absolute Gasteiger partial charge is 2.00 e. The average Bonchev–Trinajstić information content (AvgIpc) is 0.811. The standard InChI is InChI=1S/H2O3Se.Pt/c1-4(2)3;/h(H2,1,2,3);/q;+2/p-1. The normalized spacial score (nSPS) is 7.00. The third-order valence-electron chi connectivity index (χ3n) is 0. The van der Waals surface area contributed by atoms with Gasteiger partial charge in [-0.2, -0.15) is 0 Å². The zero-order valence-corrected chi connectivity index (χ0v) is 5.93. The minimum Gasteiger partial charge on any atom is 1.00 e. The molecule has 0 aliphatic carbocycles. The van der Waals surface area contributed by atoms with Crippen molar-refractivity contribution in [1.82, 2.24) is 0 Å². The predicted molar refractivity (Wildman–Crippen MR) is 7.55 cm³/mol. The second-order valence-corrected chi connectivity index (χ2v) is 1.06. The van der Waals surface area contributed by atoms with Gasteiger partial charge in [-0.05, 0) is 0 Å². The molecule has 0 bridgehead atoms. The summed E-state index contributed by atoms with van der Waals surface area (Å²) in [5.41, 5.74) is 0. The van der Waals surface area contributed by atoms with Gasteiger partial charge in [-0.3, -0.25) is 0 Å². The second kappa shape index (κ2) is 4.93. The van der Waals surface area contributed by atoms with E-state index in [1.165, 1.54) is 0 Å². The Morgan fingerprint density at radius 3 is 1.60 bits per heavy atom. The fraction of sp³-hybridized carbons (Fsp3) is 0. The number of hydrogen-bond donors (Lipinski definition) is 0. The molecule has 0 radical (unpaired) electrons. The fourth-order valence-corrected chi connectivity index (χ4v) is 0. The molecule has 0 aromatic heterocycles. The van der Waals surface area contributed by atoms with Crippen LogP contribution in [0.3, 0.4) is 0 Å². The van der Waals surface area contributed by atoms with Crippen LogP contribution in [0.15, 0.2) is 0 Å². The molecule has 0 unspecified atom stereocenters. The Hall–Kier alpha value is 0.928. The molecule has 0 aliphatic heterocycles. The van der Waals surface area contributed by atoms with Gasteiger partial charge in [0.15, 0.2) is 0 Å². The van der Waals surface area contributed by atoms with Crippen molar-refractivity contribution in [2.24, 2.45) is 0 Å². The molecular weight excluding hydrogens is 322 g/mol. The van der Waals surface area contributed by atoms with Crippen LogP contribution in [0.5, 0.6) is 0 Å². The SMILES string of the molecule is O=[Se]([O-])[O-].[H+].[Pt+2]. The summed E-state index contributed by atoms with van der Waals surface area (Å²) in [7, 11) is 0. The van der Waals surface area contributed by atoms with Crippen LogP contribution in [0, 0.1) is 0 Å². The maximum Gasteiger partial charge on any atom is 2.00 e. The van der Waals surface area contributed by atoms with Gasteiger partial charge in [0.2, 0.25) is 0 Å². The Kier molecular flexibility index (Phi) is 9.20. The molecule has 0 fully saturated rings. The molecule has 0 saturated carbocycles. The van der Waals surface area contributed by atoms with Crippen molar-refractivity contribution in [3.8, 4) is 0 Å². The van der Waals surface area contributed by atoms with Crippen LogP contribution in [-0.4, -0.2) is 14.5 Å². The Bertz CT molecular complexity index is 33.8. The predicted octanol–water partition coefficient (Wildman–Crippen LogP) is -2.77. The van der Waals surface area contributed by atoms with Gasteiger partial charge in [-0.1, -0.05) is 0 Å². The van der Waals surface area contributed by atoms with E-state index >= 15 is 0 Å². The summed E-state index contributed by atoms with van der Waals surface area (Å²) in [5.74, 6) is 0. The summed E-state index contributed by atoms with van der Waals surface area (Å²) in [6.45, 7) is 0. The Morgan fingerprint density at radius 1 is 1.60 bits per heavy atom. The van der Waals surface area contributed by atoms with Gasteiger partial charge in [0, 0.05) is 0 Å². The van der Waals surface area contributed by atoms with Crippen LogP contribution in [0.25, 0.3) is 0 Å². The molecule has 0 atom stereocenters. The zero-order valence-electron chi connectivity index (χ0n) is 2.95. The Labute approximate surface area is 49.5 Å². The molecule has 5 heavy (non-hydrogen) atoms. The van der Waals surface area contributed by atoms with Gasteiger partial charge in [-0.25, -0.2) is 0 Å². The zero-order chi connectivity index (χ0) is 3.58. The van der Waals surface area contributed by atoms with E-state index in [-0.39, 0.29) is 22.5 Å². The van der Waals surface area contributed by atoms with Crippen molar-refractivity contribution >= 4 is 14.5 Å². The second-order valence-electron chi connectivity index (χ2n) is 0.204. The van der Waals surface area contributed by atoms with E-state index in [0.717, 1.165) is 0 Å². The molecule has 0 rings (SSSR count). The van der Waals surface area contributed by atoms with Crippen LogP contribution >= 0.6 is 0 Å². The average molecular weight is 323 g/mol. The van der Waals surface area contributed by atoms with E-state index in [1.54, 1.807) is 0 Å². The summed E-state index contributed by atoms with van der Waals surface area (Å²) in [6, 6.07) is 0. The minimum atomic E-state index is -3.79. The summed E-state index contributed by atoms with van der Waals surface area (Å²) in [4.78, 5) is 0. The van der Waals surface area contributed by atoms with Crippen molar-refractivity contribution in [1.29, 1.82) is 0 Å². The molecule has 5 heteroatoms. The van der Waals surface area contributed by atoms with Gasteiger partial charge < -0.3 is 0 Å². The van der Waals surface area contributed by atoms with Crippen molar-refractivity contribution in [2.75, 3.05) is 0 Å².